The van der Waals surface area contributed by atoms with Gasteiger partial charge >= 0.3 is 0 Å². The molecule has 8 heteroatoms. The van der Waals surface area contributed by atoms with Crippen LogP contribution >= 0.6 is 11.6 Å². The van der Waals surface area contributed by atoms with Crippen LogP contribution in [0.25, 0.3) is 0 Å². The minimum atomic E-state index is -3.97. The number of methoxy groups -OCH3 is 1. The minimum Gasteiger partial charge on any atom is -0.497 e. The molecule has 2 heterocycles. The Hall–Kier alpha value is -2.51. The van der Waals surface area contributed by atoms with Crippen molar-refractivity contribution in [1.82, 2.24) is 4.90 Å². The van der Waals surface area contributed by atoms with E-state index < -0.39 is 15.7 Å². The number of benzene rings is 2. The second-order valence-corrected chi connectivity index (χ2v) is 9.36. The Kier molecular flexibility index (Phi) is 5.27. The number of fused-ring (bicyclic) bond motifs is 1. The number of nitrogens with zero attached hydrogens (tertiary/aromatic N) is 2. The van der Waals surface area contributed by atoms with Crippen LogP contribution in [-0.4, -0.2) is 39.4 Å². The number of rotatable bonds is 3. The molecule has 0 bridgehead atoms. The normalized spacial score (nSPS) is 18.1. The first kappa shape index (κ1) is 19.8. The molecule has 0 unspecified atom stereocenters. The second-order valence-electron chi connectivity index (χ2n) is 7.03. The standard InChI is InChI=1S/C21H21ClN2O4S/c1-28-17-7-5-6-16(13-17)24-14-20(21(25)23-10-3-2-4-11-23)29(26,27)19-9-8-15(22)12-18(19)24/h5-9,12-14H,2-4,10-11H2,1H3. The molecule has 2 aromatic rings. The highest BCUT2D eigenvalue weighted by molar-refractivity contribution is 7.96. The van der Waals surface area contributed by atoms with Gasteiger partial charge in [-0.25, -0.2) is 8.42 Å². The van der Waals surface area contributed by atoms with E-state index in [2.05, 4.69) is 0 Å². The van der Waals surface area contributed by atoms with E-state index in [-0.39, 0.29) is 9.80 Å². The minimum absolute atomic E-state index is 0.0626. The van der Waals surface area contributed by atoms with Gasteiger partial charge in [0.1, 0.15) is 5.75 Å². The molecule has 2 aromatic carbocycles. The van der Waals surface area contributed by atoms with Crippen LogP contribution in [0.5, 0.6) is 5.75 Å². The monoisotopic (exact) mass is 432 g/mol. The number of hydrogen-bond acceptors (Lipinski definition) is 5. The summed E-state index contributed by atoms with van der Waals surface area (Å²) < 4.78 is 31.9. The quantitative estimate of drug-likeness (QED) is 0.729. The Morgan fingerprint density at radius 2 is 1.83 bits per heavy atom. The van der Waals surface area contributed by atoms with Gasteiger partial charge in [0.05, 0.1) is 17.7 Å². The first-order valence-electron chi connectivity index (χ1n) is 9.41. The topological polar surface area (TPSA) is 66.9 Å². The molecule has 0 N–H and O–H groups in total. The van der Waals surface area contributed by atoms with E-state index in [1.54, 1.807) is 35.1 Å². The van der Waals surface area contributed by atoms with Crippen LogP contribution in [0.3, 0.4) is 0 Å². The number of halogens is 1. The summed E-state index contributed by atoms with van der Waals surface area (Å²) in [6.45, 7) is 1.14. The van der Waals surface area contributed by atoms with Gasteiger partial charge in [-0.2, -0.15) is 0 Å². The number of hydrogen-bond donors (Lipinski definition) is 0. The molecule has 1 saturated heterocycles. The van der Waals surface area contributed by atoms with Crippen LogP contribution in [0.4, 0.5) is 11.4 Å². The van der Waals surface area contributed by atoms with Gasteiger partial charge < -0.3 is 14.5 Å². The molecule has 1 amide bonds. The molecule has 4 rings (SSSR count). The summed E-state index contributed by atoms with van der Waals surface area (Å²) in [6, 6.07) is 11.8. The molecule has 29 heavy (non-hydrogen) atoms. The molecule has 6 nitrogen and oxygen atoms in total. The molecular weight excluding hydrogens is 412 g/mol. The zero-order valence-corrected chi connectivity index (χ0v) is 17.5. The van der Waals surface area contributed by atoms with E-state index in [9.17, 15) is 13.2 Å². The predicted molar refractivity (Wildman–Crippen MR) is 112 cm³/mol. The molecule has 0 aromatic heterocycles. The fourth-order valence-corrected chi connectivity index (χ4v) is 5.36. The van der Waals surface area contributed by atoms with E-state index >= 15 is 0 Å². The van der Waals surface area contributed by atoms with E-state index in [0.29, 0.717) is 35.2 Å². The first-order valence-corrected chi connectivity index (χ1v) is 11.3. The second kappa shape index (κ2) is 7.72. The molecule has 0 spiro atoms. The number of likely N-dealkylation sites (tertiary alicyclic amines) is 1. The zero-order chi connectivity index (χ0) is 20.6. The Morgan fingerprint density at radius 1 is 1.07 bits per heavy atom. The van der Waals surface area contributed by atoms with Crippen molar-refractivity contribution in [3.8, 4) is 5.75 Å². The number of piperidine rings is 1. The summed E-state index contributed by atoms with van der Waals surface area (Å²) in [5, 5.41) is 0.408. The summed E-state index contributed by atoms with van der Waals surface area (Å²) in [4.78, 5) is 16.3. The Balaban J connectivity index is 1.87. The molecule has 1 fully saturated rings. The van der Waals surface area contributed by atoms with Crippen LogP contribution < -0.4 is 9.64 Å². The van der Waals surface area contributed by atoms with Crippen molar-refractivity contribution in [3.05, 3.63) is 58.6 Å². The van der Waals surface area contributed by atoms with Gasteiger partial charge in [-0.15, -0.1) is 0 Å². The lowest BCUT2D eigenvalue weighted by Gasteiger charge is -2.32. The van der Waals surface area contributed by atoms with Crippen molar-refractivity contribution in [2.75, 3.05) is 25.1 Å². The van der Waals surface area contributed by atoms with E-state index in [4.69, 9.17) is 16.3 Å². The number of sulfone groups is 1. The maximum atomic E-state index is 13.3. The highest BCUT2D eigenvalue weighted by atomic mass is 35.5. The zero-order valence-electron chi connectivity index (χ0n) is 16.0. The summed E-state index contributed by atoms with van der Waals surface area (Å²) in [7, 11) is -2.41. The Morgan fingerprint density at radius 3 is 2.55 bits per heavy atom. The van der Waals surface area contributed by atoms with Crippen LogP contribution in [-0.2, 0) is 14.6 Å². The van der Waals surface area contributed by atoms with Crippen molar-refractivity contribution in [2.24, 2.45) is 0 Å². The maximum absolute atomic E-state index is 13.3. The van der Waals surface area contributed by atoms with E-state index in [0.717, 1.165) is 19.3 Å². The van der Waals surface area contributed by atoms with Gasteiger partial charge in [-0.3, -0.25) is 4.79 Å². The van der Waals surface area contributed by atoms with Crippen molar-refractivity contribution in [2.45, 2.75) is 24.2 Å². The summed E-state index contributed by atoms with van der Waals surface area (Å²) in [5.41, 5.74) is 1.08. The van der Waals surface area contributed by atoms with Gasteiger partial charge in [0.2, 0.25) is 9.84 Å². The Labute approximate surface area is 175 Å². The van der Waals surface area contributed by atoms with Gasteiger partial charge in [-0.05, 0) is 49.6 Å². The lowest BCUT2D eigenvalue weighted by Crippen LogP contribution is -2.39. The average molecular weight is 433 g/mol. The van der Waals surface area contributed by atoms with Crippen molar-refractivity contribution in [3.63, 3.8) is 0 Å². The Bertz CT molecular complexity index is 1090. The van der Waals surface area contributed by atoms with Crippen LogP contribution in [0.2, 0.25) is 5.02 Å². The SMILES string of the molecule is COc1cccc(N2C=C(C(=O)N3CCCCC3)S(=O)(=O)c3ccc(Cl)cc32)c1. The smallest absolute Gasteiger partial charge is 0.267 e. The van der Waals surface area contributed by atoms with Crippen molar-refractivity contribution >= 4 is 38.7 Å². The largest absolute Gasteiger partial charge is 0.497 e. The third-order valence-corrected chi connectivity index (χ3v) is 7.21. The maximum Gasteiger partial charge on any atom is 0.267 e. The molecule has 0 atom stereocenters. The number of anilines is 2. The summed E-state index contributed by atoms with van der Waals surface area (Å²) >= 11 is 6.16. The van der Waals surface area contributed by atoms with Crippen LogP contribution in [0, 0.1) is 0 Å². The lowest BCUT2D eigenvalue weighted by molar-refractivity contribution is -0.127. The fraction of sp³-hybridized carbons (Fsp3) is 0.286. The molecule has 0 radical (unpaired) electrons. The molecular formula is C21H21ClN2O4S. The predicted octanol–water partition coefficient (Wildman–Crippen LogP) is 4.13. The molecule has 2 aliphatic heterocycles. The molecule has 0 aliphatic carbocycles. The molecule has 2 aliphatic rings. The lowest BCUT2D eigenvalue weighted by atomic mass is 10.1. The van der Waals surface area contributed by atoms with Crippen molar-refractivity contribution < 1.29 is 17.9 Å². The molecule has 152 valence electrons. The highest BCUT2D eigenvalue weighted by Crippen LogP contribution is 2.42. The number of ether oxygens (including phenoxy) is 1. The number of amides is 1. The van der Waals surface area contributed by atoms with Gasteiger partial charge in [0, 0.05) is 36.1 Å². The van der Waals surface area contributed by atoms with Crippen molar-refractivity contribution in [1.29, 1.82) is 0 Å². The third kappa shape index (κ3) is 3.60. The highest BCUT2D eigenvalue weighted by Gasteiger charge is 2.38. The van der Waals surface area contributed by atoms with E-state index in [1.807, 2.05) is 12.1 Å². The average Bonchev–Trinajstić information content (AvgIpc) is 2.74. The number of carbonyl (C=O) groups excluding carboxylic acids is 1. The van der Waals surface area contributed by atoms with Gasteiger partial charge in [0.15, 0.2) is 4.91 Å². The van der Waals surface area contributed by atoms with Crippen LogP contribution in [0.1, 0.15) is 19.3 Å². The fourth-order valence-electron chi connectivity index (χ4n) is 3.68. The number of carbonyl (C=O) groups is 1. The van der Waals surface area contributed by atoms with Crippen LogP contribution in [0.15, 0.2) is 58.5 Å². The third-order valence-electron chi connectivity index (χ3n) is 5.19. The van der Waals surface area contributed by atoms with Gasteiger partial charge in [-0.1, -0.05) is 17.7 Å². The van der Waals surface area contributed by atoms with E-state index in [1.165, 1.54) is 18.3 Å². The summed E-state index contributed by atoms with van der Waals surface area (Å²) in [5.74, 6) is 0.162. The first-order chi connectivity index (χ1) is 13.9. The molecule has 0 saturated carbocycles. The summed E-state index contributed by atoms with van der Waals surface area (Å²) in [6.07, 6.45) is 4.21. The van der Waals surface area contributed by atoms with Gasteiger partial charge in [0.25, 0.3) is 5.91 Å².